The molecule has 0 bridgehead atoms. The lowest BCUT2D eigenvalue weighted by molar-refractivity contribution is 0.102. The van der Waals surface area contributed by atoms with Gasteiger partial charge in [-0.15, -0.1) is 5.10 Å². The minimum absolute atomic E-state index is 0.0617. The van der Waals surface area contributed by atoms with Crippen molar-refractivity contribution in [3.05, 3.63) is 77.7 Å². The van der Waals surface area contributed by atoms with Crippen molar-refractivity contribution < 1.29 is 9.53 Å². The van der Waals surface area contributed by atoms with Crippen LogP contribution in [0.5, 0.6) is 0 Å². The van der Waals surface area contributed by atoms with Gasteiger partial charge >= 0.3 is 0 Å². The number of rotatable bonds is 5. The normalized spacial score (nSPS) is 12.1. The summed E-state index contributed by atoms with van der Waals surface area (Å²) >= 11 is 0. The summed E-state index contributed by atoms with van der Waals surface area (Å²) in [6.07, 6.45) is 1.67. The third-order valence-electron chi connectivity index (χ3n) is 4.92. The fourth-order valence-electron chi connectivity index (χ4n) is 3.22. The summed E-state index contributed by atoms with van der Waals surface area (Å²) in [4.78, 5) is 17.3. The van der Waals surface area contributed by atoms with Crippen LogP contribution in [0.25, 0.3) is 16.6 Å². The Morgan fingerprint density at radius 3 is 2.76 bits per heavy atom. The summed E-state index contributed by atoms with van der Waals surface area (Å²) < 4.78 is 6.99. The molecule has 0 spiro atoms. The van der Waals surface area contributed by atoms with Crippen LogP contribution in [-0.4, -0.2) is 33.0 Å². The summed E-state index contributed by atoms with van der Waals surface area (Å²) in [5, 5.41) is 12.2. The molecule has 1 amide bonds. The maximum absolute atomic E-state index is 12.8. The molecule has 4 rings (SSSR count). The number of carbonyl (C=O) groups is 1. The Balaban J connectivity index is 1.64. The number of carbonyl (C=O) groups excluding carboxylic acids is 1. The number of hydrogen-bond donors (Lipinski definition) is 1. The van der Waals surface area contributed by atoms with Crippen LogP contribution in [0, 0.1) is 6.92 Å². The quantitative estimate of drug-likeness (QED) is 0.558. The van der Waals surface area contributed by atoms with Gasteiger partial charge in [0, 0.05) is 24.4 Å². The topological polar surface area (TPSA) is 81.9 Å². The van der Waals surface area contributed by atoms with Gasteiger partial charge in [-0.1, -0.05) is 35.5 Å². The summed E-state index contributed by atoms with van der Waals surface area (Å²) in [6, 6.07) is 17.3. The Morgan fingerprint density at radius 2 is 1.93 bits per heavy atom. The number of fused-ring (bicyclic) bond motifs is 1. The van der Waals surface area contributed by atoms with Gasteiger partial charge in [-0.3, -0.25) is 9.78 Å². The zero-order valence-corrected chi connectivity index (χ0v) is 16.5. The van der Waals surface area contributed by atoms with E-state index in [-0.39, 0.29) is 17.7 Å². The molecule has 2 heterocycles. The lowest BCUT2D eigenvalue weighted by Gasteiger charge is -2.12. The summed E-state index contributed by atoms with van der Waals surface area (Å²) in [7, 11) is 1.65. The second-order valence-corrected chi connectivity index (χ2v) is 6.75. The van der Waals surface area contributed by atoms with E-state index in [0.29, 0.717) is 11.4 Å². The SMILES string of the molecule is COC(C)c1cccc(NC(=O)c2nnn(-c3cccc4cccnc34)c2C)c1. The number of aromatic nitrogens is 4. The molecule has 2 aromatic heterocycles. The van der Waals surface area contributed by atoms with Crippen LogP contribution < -0.4 is 5.32 Å². The van der Waals surface area contributed by atoms with Crippen LogP contribution in [0.1, 0.15) is 34.8 Å². The molecule has 29 heavy (non-hydrogen) atoms. The van der Waals surface area contributed by atoms with Gasteiger partial charge in [0.2, 0.25) is 0 Å². The third kappa shape index (κ3) is 3.60. The predicted octanol–water partition coefficient (Wildman–Crippen LogP) is 4.08. The fourth-order valence-corrected chi connectivity index (χ4v) is 3.22. The largest absolute Gasteiger partial charge is 0.377 e. The van der Waals surface area contributed by atoms with Gasteiger partial charge in [-0.05, 0) is 43.7 Å². The standard InChI is InChI=1S/C22H21N5O2/c1-14-20(22(28)24-18-10-4-8-17(13-18)15(2)29-3)25-26-27(14)19-11-5-7-16-9-6-12-23-21(16)19/h4-13,15H,1-3H3,(H,24,28). The number of para-hydroxylation sites is 1. The van der Waals surface area contributed by atoms with E-state index in [9.17, 15) is 4.79 Å². The Morgan fingerprint density at radius 1 is 1.14 bits per heavy atom. The number of benzene rings is 2. The van der Waals surface area contributed by atoms with Gasteiger partial charge in [0.25, 0.3) is 5.91 Å². The maximum Gasteiger partial charge on any atom is 0.278 e. The van der Waals surface area contributed by atoms with Gasteiger partial charge in [0.1, 0.15) is 0 Å². The van der Waals surface area contributed by atoms with Crippen LogP contribution in [0.3, 0.4) is 0 Å². The molecule has 0 saturated carbocycles. The van der Waals surface area contributed by atoms with Crippen molar-refractivity contribution in [2.45, 2.75) is 20.0 Å². The molecule has 0 aliphatic heterocycles. The zero-order chi connectivity index (χ0) is 20.4. The predicted molar refractivity (Wildman–Crippen MR) is 111 cm³/mol. The first-order valence-electron chi connectivity index (χ1n) is 9.29. The van der Waals surface area contributed by atoms with E-state index in [4.69, 9.17) is 4.74 Å². The number of anilines is 1. The first kappa shape index (κ1) is 18.8. The van der Waals surface area contributed by atoms with Crippen LogP contribution in [-0.2, 0) is 4.74 Å². The van der Waals surface area contributed by atoms with E-state index < -0.39 is 0 Å². The maximum atomic E-state index is 12.8. The lowest BCUT2D eigenvalue weighted by Crippen LogP contribution is -2.14. The molecule has 7 heteroatoms. The Hall–Kier alpha value is -3.58. The van der Waals surface area contributed by atoms with Gasteiger partial charge in [-0.2, -0.15) is 0 Å². The van der Waals surface area contributed by atoms with Crippen molar-refractivity contribution >= 4 is 22.5 Å². The van der Waals surface area contributed by atoms with E-state index in [1.54, 1.807) is 18.0 Å². The lowest BCUT2D eigenvalue weighted by atomic mass is 10.1. The number of methoxy groups -OCH3 is 1. The number of ether oxygens (including phenoxy) is 1. The number of hydrogen-bond acceptors (Lipinski definition) is 5. The van der Waals surface area contributed by atoms with Crippen molar-refractivity contribution in [2.75, 3.05) is 12.4 Å². The molecule has 0 saturated heterocycles. The average Bonchev–Trinajstić information content (AvgIpc) is 3.14. The summed E-state index contributed by atoms with van der Waals surface area (Å²) in [5.74, 6) is -0.316. The molecule has 0 radical (unpaired) electrons. The van der Waals surface area contributed by atoms with Crippen LogP contribution in [0.4, 0.5) is 5.69 Å². The smallest absolute Gasteiger partial charge is 0.278 e. The molecular weight excluding hydrogens is 366 g/mol. The van der Waals surface area contributed by atoms with Crippen LogP contribution in [0.15, 0.2) is 60.8 Å². The van der Waals surface area contributed by atoms with E-state index in [1.165, 1.54) is 0 Å². The highest BCUT2D eigenvalue weighted by Gasteiger charge is 2.19. The second-order valence-electron chi connectivity index (χ2n) is 6.75. The molecule has 146 valence electrons. The van der Waals surface area contributed by atoms with Crippen molar-refractivity contribution in [2.24, 2.45) is 0 Å². The molecule has 0 aliphatic carbocycles. The highest BCUT2D eigenvalue weighted by atomic mass is 16.5. The first-order chi connectivity index (χ1) is 14.1. The highest BCUT2D eigenvalue weighted by Crippen LogP contribution is 2.23. The number of amides is 1. The van der Waals surface area contributed by atoms with Crippen LogP contribution in [0.2, 0.25) is 0 Å². The highest BCUT2D eigenvalue weighted by molar-refractivity contribution is 6.03. The van der Waals surface area contributed by atoms with E-state index in [0.717, 1.165) is 22.2 Å². The minimum atomic E-state index is -0.316. The molecule has 1 unspecified atom stereocenters. The number of pyridine rings is 1. The molecule has 7 nitrogen and oxygen atoms in total. The fraction of sp³-hybridized carbons (Fsp3) is 0.182. The number of nitrogens with one attached hydrogen (secondary N) is 1. The van der Waals surface area contributed by atoms with E-state index >= 15 is 0 Å². The third-order valence-corrected chi connectivity index (χ3v) is 4.92. The molecule has 4 aromatic rings. The van der Waals surface area contributed by atoms with E-state index in [1.807, 2.05) is 68.4 Å². The van der Waals surface area contributed by atoms with Gasteiger partial charge in [0.15, 0.2) is 5.69 Å². The molecule has 1 atom stereocenters. The molecule has 1 N–H and O–H groups in total. The van der Waals surface area contributed by atoms with Gasteiger partial charge in [-0.25, -0.2) is 4.68 Å². The minimum Gasteiger partial charge on any atom is -0.377 e. The molecular formula is C22H21N5O2. The Labute approximate surface area is 168 Å². The van der Waals surface area contributed by atoms with Gasteiger partial charge < -0.3 is 10.1 Å². The van der Waals surface area contributed by atoms with Crippen LogP contribution >= 0.6 is 0 Å². The first-order valence-corrected chi connectivity index (χ1v) is 9.29. The summed E-state index contributed by atoms with van der Waals surface area (Å²) in [6.45, 7) is 3.77. The zero-order valence-electron chi connectivity index (χ0n) is 16.5. The Bertz CT molecular complexity index is 1180. The van der Waals surface area contributed by atoms with Crippen molar-refractivity contribution in [3.63, 3.8) is 0 Å². The van der Waals surface area contributed by atoms with E-state index in [2.05, 4.69) is 20.6 Å². The average molecular weight is 387 g/mol. The summed E-state index contributed by atoms with van der Waals surface area (Å²) in [5.41, 5.74) is 4.15. The van der Waals surface area contributed by atoms with Crippen molar-refractivity contribution in [1.29, 1.82) is 0 Å². The van der Waals surface area contributed by atoms with Crippen molar-refractivity contribution in [1.82, 2.24) is 20.0 Å². The molecule has 0 fully saturated rings. The molecule has 0 aliphatic rings. The van der Waals surface area contributed by atoms with Gasteiger partial charge in [0.05, 0.1) is 23.0 Å². The second kappa shape index (κ2) is 7.81. The monoisotopic (exact) mass is 387 g/mol. The Kier molecular flexibility index (Phi) is 5.05. The van der Waals surface area contributed by atoms with Crippen molar-refractivity contribution in [3.8, 4) is 5.69 Å². The number of nitrogens with zero attached hydrogens (tertiary/aromatic N) is 4. The molecule has 2 aromatic carbocycles.